The Bertz CT molecular complexity index is 449. The first kappa shape index (κ1) is 10.2. The fourth-order valence-electron chi connectivity index (χ4n) is 0.875. The third-order valence-corrected chi connectivity index (χ3v) is 1.52. The molecule has 1 N–H and O–H groups in total. The van der Waals surface area contributed by atoms with Gasteiger partial charge in [0.05, 0.1) is 5.28 Å². The van der Waals surface area contributed by atoms with Gasteiger partial charge in [0.25, 0.3) is 5.56 Å². The van der Waals surface area contributed by atoms with Gasteiger partial charge in [-0.3, -0.25) is 4.79 Å². The molecular weight excluding hydrogens is 306 g/mol. The van der Waals surface area contributed by atoms with Crippen LogP contribution in [-0.4, -0.2) is 9.97 Å². The summed E-state index contributed by atoms with van der Waals surface area (Å²) in [5.41, 5.74) is 0.135. The van der Waals surface area contributed by atoms with Gasteiger partial charge in [-0.2, -0.15) is 0 Å². The minimum absolute atomic E-state index is 0. The van der Waals surface area contributed by atoms with Crippen molar-refractivity contribution >= 4 is 22.6 Å². The van der Waals surface area contributed by atoms with Crippen molar-refractivity contribution in [2.75, 3.05) is 0 Å². The van der Waals surface area contributed by atoms with Crippen LogP contribution < -0.4 is 10.5 Å². The molecule has 0 unspecified atom stereocenters. The summed E-state index contributed by atoms with van der Waals surface area (Å²) < 4.78 is 0. The zero-order valence-corrected chi connectivity index (χ0v) is 10.4. The van der Waals surface area contributed by atoms with E-state index in [0.717, 1.165) is 0 Å². The topological polar surface area (TPSA) is 59.9 Å². The molecule has 4 nitrogen and oxygen atoms in total. The van der Waals surface area contributed by atoms with E-state index in [1.807, 2.05) is 0 Å². The second-order valence-electron chi connectivity index (χ2n) is 2.04. The quantitative estimate of drug-likeness (QED) is 0.722. The predicted octanol–water partition coefficient (Wildman–Crippen LogP) is 0.534. The molecule has 0 bridgehead atoms. The van der Waals surface area contributed by atoms with Crippen molar-refractivity contribution in [1.29, 1.82) is 0 Å². The zero-order valence-electron chi connectivity index (χ0n) is 5.91. The molecule has 0 aliphatic rings. The Morgan fingerprint density at radius 3 is 3.08 bits per heavy atom. The van der Waals surface area contributed by atoms with E-state index in [-0.39, 0.29) is 52.1 Å². The third kappa shape index (κ3) is 1.70. The predicted molar refractivity (Wildman–Crippen MR) is 40.7 cm³/mol. The molecule has 2 aromatic rings. The number of halogens is 1. The number of aromatic amines is 1. The van der Waals surface area contributed by atoms with Crippen LogP contribution in [0.3, 0.4) is 0 Å². The standard InChI is InChI=1S/C6H4ClN3O.Pr/c7-6-9-4-3(1-2-8-4)5(11)10-6;/h1-2H,(H2,8,9,10,11);/p-1. The van der Waals surface area contributed by atoms with Crippen molar-refractivity contribution in [3.63, 3.8) is 0 Å². The van der Waals surface area contributed by atoms with Gasteiger partial charge in [0.15, 0.2) is 0 Å². The van der Waals surface area contributed by atoms with E-state index in [1.54, 1.807) is 6.07 Å². The summed E-state index contributed by atoms with van der Waals surface area (Å²) in [6.07, 6.45) is 1.52. The van der Waals surface area contributed by atoms with E-state index >= 15 is 0 Å². The molecule has 6 heteroatoms. The van der Waals surface area contributed by atoms with Crippen LogP contribution in [0.1, 0.15) is 0 Å². The van der Waals surface area contributed by atoms with Gasteiger partial charge in [0, 0.05) is 46.7 Å². The maximum Gasteiger partial charge on any atom is 0.255 e. The van der Waals surface area contributed by atoms with Crippen LogP contribution in [0.5, 0.6) is 0 Å². The Morgan fingerprint density at radius 2 is 2.33 bits per heavy atom. The SMILES string of the molecule is O=c1[nH]c(Cl)nc2[n-]ccc12.[Pr]. The largest absolute Gasteiger partial charge is 0.442 e. The molecule has 2 heterocycles. The maximum absolute atomic E-state index is 11.0. The van der Waals surface area contributed by atoms with Gasteiger partial charge in [-0.05, 0) is 5.65 Å². The van der Waals surface area contributed by atoms with Crippen LogP contribution in [0.2, 0.25) is 5.28 Å². The van der Waals surface area contributed by atoms with E-state index in [0.29, 0.717) is 11.0 Å². The molecule has 1 radical (unpaired) electrons. The van der Waals surface area contributed by atoms with Gasteiger partial charge >= 0.3 is 0 Å². The van der Waals surface area contributed by atoms with E-state index in [1.165, 1.54) is 6.20 Å². The molecule has 0 aliphatic heterocycles. The summed E-state index contributed by atoms with van der Waals surface area (Å²) in [6.45, 7) is 0. The second kappa shape index (κ2) is 3.85. The number of nitrogens with zero attached hydrogens (tertiary/aromatic N) is 2. The molecule has 0 fully saturated rings. The molecule has 0 spiro atoms. The summed E-state index contributed by atoms with van der Waals surface area (Å²) in [5.74, 6) is 0. The smallest absolute Gasteiger partial charge is 0.255 e. The first-order valence-corrected chi connectivity index (χ1v) is 3.32. The number of aromatic nitrogens is 3. The Morgan fingerprint density at radius 1 is 1.58 bits per heavy atom. The Labute approximate surface area is 106 Å². The van der Waals surface area contributed by atoms with Gasteiger partial charge in [-0.25, -0.2) is 0 Å². The van der Waals surface area contributed by atoms with E-state index in [2.05, 4.69) is 15.0 Å². The molecule has 0 saturated heterocycles. The van der Waals surface area contributed by atoms with E-state index < -0.39 is 0 Å². The van der Waals surface area contributed by atoms with Crippen LogP contribution in [0.15, 0.2) is 17.1 Å². The Balaban J connectivity index is 0.000000720. The van der Waals surface area contributed by atoms with Crippen molar-refractivity contribution in [3.8, 4) is 0 Å². The second-order valence-corrected chi connectivity index (χ2v) is 2.40. The summed E-state index contributed by atoms with van der Waals surface area (Å²) in [7, 11) is 0. The van der Waals surface area contributed by atoms with Crippen molar-refractivity contribution in [3.05, 3.63) is 27.9 Å². The van der Waals surface area contributed by atoms with Gasteiger partial charge < -0.3 is 15.0 Å². The molecule has 12 heavy (non-hydrogen) atoms. The van der Waals surface area contributed by atoms with Gasteiger partial charge in [0.1, 0.15) is 0 Å². The maximum atomic E-state index is 11.0. The van der Waals surface area contributed by atoms with E-state index in [9.17, 15) is 4.79 Å². The average Bonchev–Trinajstić information content (AvgIpc) is 2.34. The summed E-state index contributed by atoms with van der Waals surface area (Å²) in [4.78, 5) is 21.0. The molecular formula is C6H3ClN3OPr-. The first-order chi connectivity index (χ1) is 5.27. The monoisotopic (exact) mass is 309 g/mol. The van der Waals surface area contributed by atoms with Gasteiger partial charge in [0.2, 0.25) is 0 Å². The normalized spacial score (nSPS) is 9.75. The van der Waals surface area contributed by atoms with Gasteiger partial charge in [-0.1, -0.05) is 23.9 Å². The van der Waals surface area contributed by atoms with Crippen molar-refractivity contribution in [2.45, 2.75) is 0 Å². The molecule has 0 aromatic carbocycles. The number of H-pyrrole nitrogens is 1. The van der Waals surface area contributed by atoms with Crippen LogP contribution >= 0.6 is 11.6 Å². The fourth-order valence-corrected chi connectivity index (χ4v) is 1.04. The average molecular weight is 309 g/mol. The number of fused-ring (bicyclic) bond motifs is 1. The van der Waals surface area contributed by atoms with Crippen LogP contribution in [0, 0.1) is 41.3 Å². The number of rotatable bonds is 0. The zero-order chi connectivity index (χ0) is 7.84. The molecule has 0 atom stereocenters. The summed E-state index contributed by atoms with van der Waals surface area (Å²) >= 11 is 5.47. The van der Waals surface area contributed by atoms with Crippen molar-refractivity contribution < 1.29 is 41.3 Å². The summed E-state index contributed by atoms with van der Waals surface area (Å²) in [5, 5.41) is 0.538. The molecule has 0 saturated carbocycles. The van der Waals surface area contributed by atoms with Crippen LogP contribution in [0.25, 0.3) is 11.0 Å². The minimum Gasteiger partial charge on any atom is -0.442 e. The molecule has 0 aliphatic carbocycles. The molecule has 0 amide bonds. The Hall–Kier alpha value is 0.0736. The van der Waals surface area contributed by atoms with Crippen LogP contribution in [-0.2, 0) is 0 Å². The van der Waals surface area contributed by atoms with Crippen LogP contribution in [0.4, 0.5) is 0 Å². The molecule has 2 aromatic heterocycles. The number of nitrogens with one attached hydrogen (secondary N) is 1. The molecule has 59 valence electrons. The van der Waals surface area contributed by atoms with Crippen molar-refractivity contribution in [2.24, 2.45) is 0 Å². The van der Waals surface area contributed by atoms with Crippen molar-refractivity contribution in [1.82, 2.24) is 15.0 Å². The van der Waals surface area contributed by atoms with Gasteiger partial charge in [-0.15, -0.1) is 0 Å². The fraction of sp³-hybridized carbons (Fsp3) is 0. The Kier molecular flexibility index (Phi) is 3.26. The first-order valence-electron chi connectivity index (χ1n) is 2.94. The molecule has 2 rings (SSSR count). The number of hydrogen-bond acceptors (Lipinski definition) is 2. The third-order valence-electron chi connectivity index (χ3n) is 1.34. The summed E-state index contributed by atoms with van der Waals surface area (Å²) in [6, 6.07) is 1.59. The van der Waals surface area contributed by atoms with E-state index in [4.69, 9.17) is 11.6 Å². The minimum atomic E-state index is -0.252. The number of hydrogen-bond donors (Lipinski definition) is 1.